The summed E-state index contributed by atoms with van der Waals surface area (Å²) in [7, 11) is -2.01. The minimum atomic E-state index is -6.31. The predicted molar refractivity (Wildman–Crippen MR) is 150 cm³/mol. The average Bonchev–Trinajstić information content (AvgIpc) is 3.34. The molecule has 0 saturated heterocycles. The lowest BCUT2D eigenvalue weighted by Crippen LogP contribution is -2.60. The van der Waals surface area contributed by atoms with Crippen LogP contribution in [0.25, 0.3) is 11.1 Å². The van der Waals surface area contributed by atoms with Crippen LogP contribution in [0.4, 0.5) is 79.0 Å². The Morgan fingerprint density at radius 3 is 0.909 bits per heavy atom. The van der Waals surface area contributed by atoms with Crippen molar-refractivity contribution in [3.05, 3.63) is 60.7 Å². The molecule has 0 aliphatic carbocycles. The highest BCUT2D eigenvalue weighted by atomic mass is 32.2. The number of rotatable bonds is 10. The van der Waals surface area contributed by atoms with Crippen molar-refractivity contribution in [1.29, 1.82) is 0 Å². The van der Waals surface area contributed by atoms with Crippen LogP contribution < -0.4 is 14.2 Å². The monoisotopic (exact) mass is 850 g/mol. The summed E-state index contributed by atoms with van der Waals surface area (Å²) in [6.45, 7) is -7.24. The third-order valence-electron chi connectivity index (χ3n) is 7.96. The van der Waals surface area contributed by atoms with E-state index in [0.29, 0.717) is 0 Å². The zero-order chi connectivity index (χ0) is 42.0. The first-order valence-corrected chi connectivity index (χ1v) is 15.7. The van der Waals surface area contributed by atoms with Gasteiger partial charge in [0.15, 0.2) is 0 Å². The van der Waals surface area contributed by atoms with Gasteiger partial charge in [0, 0.05) is 9.79 Å². The average molecular weight is 851 g/mol. The fourth-order valence-corrected chi connectivity index (χ4v) is 7.23. The molecule has 1 aliphatic rings. The predicted octanol–water partition coefficient (Wildman–Crippen LogP) is 8.85. The number of halogens is 18. The van der Waals surface area contributed by atoms with Gasteiger partial charge in [-0.15, -0.1) is 0 Å². The summed E-state index contributed by atoms with van der Waals surface area (Å²) in [6.07, 6.45) is -37.7. The first-order chi connectivity index (χ1) is 24.7. The Bertz CT molecular complexity index is 1710. The van der Waals surface area contributed by atoms with Crippen LogP contribution in [-0.4, -0.2) is 89.0 Å². The van der Waals surface area contributed by atoms with Gasteiger partial charge in [0.05, 0.1) is 0 Å². The molecule has 25 heteroatoms. The molecule has 0 saturated carbocycles. The van der Waals surface area contributed by atoms with E-state index in [1.54, 1.807) is 0 Å². The molecule has 0 bridgehead atoms. The van der Waals surface area contributed by atoms with Crippen LogP contribution in [0, 0.1) is 0 Å². The van der Waals surface area contributed by atoms with Crippen molar-refractivity contribution >= 4 is 10.9 Å². The van der Waals surface area contributed by atoms with E-state index in [2.05, 4.69) is 14.2 Å². The molecule has 4 rings (SSSR count). The van der Waals surface area contributed by atoms with E-state index < -0.39 is 102 Å². The van der Waals surface area contributed by atoms with Crippen LogP contribution in [0.2, 0.25) is 0 Å². The van der Waals surface area contributed by atoms with Gasteiger partial charge in [-0.2, -0.15) is 89.9 Å². The van der Waals surface area contributed by atoms with E-state index in [1.807, 2.05) is 0 Å². The second-order valence-electron chi connectivity index (χ2n) is 11.6. The Kier molecular flexibility index (Phi) is 11.1. The summed E-state index contributed by atoms with van der Waals surface area (Å²) >= 11 is 0. The van der Waals surface area contributed by atoms with Gasteiger partial charge in [0.2, 0.25) is 0 Å². The fraction of sp³-hybridized carbons (Fsp3) is 0.400. The SMILES string of the molecule is OC(COc1ccc([SH]2c3ccc(OCC(O)(C(F)(F)F)C(F)(F)F)cc3-c3cc(OCC(O)(C(F)(F)F)C(F)(F)F)ccc32)cc1)(C(F)(F)F)C(F)(F)F. The molecule has 0 amide bonds. The summed E-state index contributed by atoms with van der Waals surface area (Å²) in [4.78, 5) is 0.352. The lowest BCUT2D eigenvalue weighted by Gasteiger charge is -2.32. The zero-order valence-corrected chi connectivity index (χ0v) is 27.1. The summed E-state index contributed by atoms with van der Waals surface area (Å²) in [5, 5.41) is 28.2. The smallest absolute Gasteiger partial charge is 0.429 e. The van der Waals surface area contributed by atoms with Crippen molar-refractivity contribution in [3.63, 3.8) is 0 Å². The summed E-state index contributed by atoms with van der Waals surface area (Å²) in [5.41, 5.74) is -16.4. The van der Waals surface area contributed by atoms with Gasteiger partial charge < -0.3 is 29.5 Å². The fourth-order valence-electron chi connectivity index (χ4n) is 4.67. The van der Waals surface area contributed by atoms with Crippen LogP contribution in [0.3, 0.4) is 0 Å². The van der Waals surface area contributed by atoms with Crippen molar-refractivity contribution in [2.45, 2.75) is 68.5 Å². The minimum Gasteiger partial charge on any atom is -0.490 e. The first-order valence-electron chi connectivity index (χ1n) is 14.3. The largest absolute Gasteiger partial charge is 0.490 e. The highest BCUT2D eigenvalue weighted by Gasteiger charge is 2.73. The van der Waals surface area contributed by atoms with Crippen LogP contribution in [-0.2, 0) is 0 Å². The number of thiol groups is 1. The van der Waals surface area contributed by atoms with Crippen molar-refractivity contribution in [3.8, 4) is 28.4 Å². The van der Waals surface area contributed by atoms with E-state index in [1.165, 1.54) is 0 Å². The van der Waals surface area contributed by atoms with E-state index >= 15 is 0 Å². The highest BCUT2D eigenvalue weighted by Crippen LogP contribution is 2.63. The van der Waals surface area contributed by atoms with E-state index in [0.717, 1.165) is 60.7 Å². The Morgan fingerprint density at radius 2 is 0.636 bits per heavy atom. The third-order valence-corrected chi connectivity index (χ3v) is 10.5. The van der Waals surface area contributed by atoms with Gasteiger partial charge in [0.25, 0.3) is 16.8 Å². The molecule has 55 heavy (non-hydrogen) atoms. The Balaban J connectivity index is 1.75. The molecule has 0 aromatic heterocycles. The number of hydrogen-bond donors (Lipinski definition) is 4. The van der Waals surface area contributed by atoms with Gasteiger partial charge in [0.1, 0.15) is 37.1 Å². The second kappa shape index (κ2) is 13.9. The third kappa shape index (κ3) is 8.01. The Hall–Kier alpha value is -3.97. The Morgan fingerprint density at radius 1 is 0.382 bits per heavy atom. The van der Waals surface area contributed by atoms with Crippen LogP contribution in [0.15, 0.2) is 75.4 Å². The molecule has 0 unspecified atom stereocenters. The number of aliphatic hydroxyl groups is 3. The molecular formula is C30H20F18O6S. The summed E-state index contributed by atoms with van der Waals surface area (Å²) < 4.78 is 251. The molecule has 3 N–H and O–H groups in total. The zero-order valence-electron chi connectivity index (χ0n) is 26.2. The highest BCUT2D eigenvalue weighted by molar-refractivity contribution is 8.17. The maximum Gasteiger partial charge on any atom is 0.429 e. The van der Waals surface area contributed by atoms with Crippen molar-refractivity contribution in [1.82, 2.24) is 0 Å². The van der Waals surface area contributed by atoms with Gasteiger partial charge in [-0.05, 0) is 76.7 Å². The number of fused-ring (bicyclic) bond motifs is 3. The lowest BCUT2D eigenvalue weighted by molar-refractivity contribution is -0.374. The number of alkyl halides is 18. The van der Waals surface area contributed by atoms with Crippen molar-refractivity contribution < 1.29 is 109 Å². The molecule has 0 radical (unpaired) electrons. The van der Waals surface area contributed by atoms with Gasteiger partial charge >= 0.3 is 37.1 Å². The standard InChI is InChI=1S/C30H20F18O6S/c31-25(32,33)22(49,26(34,35)36)11-52-14-1-5-17(6-2-14)55-20-7-3-15(53-12-23(50,27(37,38)39)28(40,41)42)9-18(20)19-10-16(4-8-21(19)55)54-13-24(51,29(43,44)45)30(46,47)48/h1-10,49-51,55H,11-13H2. The molecule has 3 aromatic rings. The minimum absolute atomic E-state index is 0.107. The Labute approximate surface area is 297 Å². The van der Waals surface area contributed by atoms with Crippen molar-refractivity contribution in [2.24, 2.45) is 0 Å². The van der Waals surface area contributed by atoms with Crippen molar-refractivity contribution in [2.75, 3.05) is 19.8 Å². The molecule has 6 nitrogen and oxygen atoms in total. The maximum atomic E-state index is 13.2. The summed E-state index contributed by atoms with van der Waals surface area (Å²) in [5.74, 6) is -2.22. The van der Waals surface area contributed by atoms with Gasteiger partial charge in [-0.25, -0.2) is 0 Å². The molecule has 1 heterocycles. The quantitative estimate of drug-likeness (QED) is 0.0943. The number of ether oxygens (including phenoxy) is 3. The molecule has 308 valence electrons. The van der Waals surface area contributed by atoms with Crippen LogP contribution >= 0.6 is 10.9 Å². The van der Waals surface area contributed by atoms with Gasteiger partial charge in [-0.1, -0.05) is 0 Å². The van der Waals surface area contributed by atoms with E-state index in [4.69, 9.17) is 0 Å². The molecule has 1 aliphatic heterocycles. The normalized spacial score (nSPS) is 15.5. The maximum absolute atomic E-state index is 13.2. The summed E-state index contributed by atoms with van der Waals surface area (Å²) in [6, 6.07) is 9.20. The van der Waals surface area contributed by atoms with Crippen LogP contribution in [0.5, 0.6) is 17.2 Å². The molecular weight excluding hydrogens is 830 g/mol. The molecule has 0 fully saturated rings. The first kappa shape index (κ1) is 43.8. The number of hydrogen-bond acceptors (Lipinski definition) is 6. The molecule has 3 aromatic carbocycles. The second-order valence-corrected chi connectivity index (χ2v) is 13.8. The molecule has 0 spiro atoms. The lowest BCUT2D eigenvalue weighted by atomic mass is 10.0. The number of benzene rings is 3. The van der Waals surface area contributed by atoms with E-state index in [9.17, 15) is 94.3 Å². The molecule has 0 atom stereocenters. The van der Waals surface area contributed by atoms with Gasteiger partial charge in [-0.3, -0.25) is 0 Å². The van der Waals surface area contributed by atoms with E-state index in [-0.39, 0.29) is 25.8 Å². The topological polar surface area (TPSA) is 88.4 Å². The van der Waals surface area contributed by atoms with Crippen LogP contribution in [0.1, 0.15) is 0 Å².